The highest BCUT2D eigenvalue weighted by molar-refractivity contribution is 8.13. The Bertz CT molecular complexity index is 220. The Balaban J connectivity index is 2.19. The first-order valence-electron chi connectivity index (χ1n) is 3.39. The number of aromatic amines is 1. The van der Waals surface area contributed by atoms with Gasteiger partial charge in [-0.2, -0.15) is 0 Å². The Labute approximate surface area is 69.6 Å². The van der Waals surface area contributed by atoms with Crippen LogP contribution in [-0.4, -0.2) is 20.8 Å². The summed E-state index contributed by atoms with van der Waals surface area (Å²) < 4.78 is 0. The second-order valence-electron chi connectivity index (χ2n) is 2.17. The molecular formula is C7H10N2OS. The molecule has 11 heavy (non-hydrogen) atoms. The van der Waals surface area contributed by atoms with Crippen molar-refractivity contribution in [2.75, 3.05) is 5.75 Å². The van der Waals surface area contributed by atoms with Crippen molar-refractivity contribution in [3.05, 3.63) is 18.2 Å². The van der Waals surface area contributed by atoms with Crippen LogP contribution in [0, 0.1) is 0 Å². The molecule has 0 aliphatic carbocycles. The van der Waals surface area contributed by atoms with E-state index in [0.29, 0.717) is 0 Å². The summed E-state index contributed by atoms with van der Waals surface area (Å²) in [6, 6.07) is 0. The first kappa shape index (κ1) is 8.33. The number of nitrogens with zero attached hydrogens (tertiary/aromatic N) is 1. The van der Waals surface area contributed by atoms with Gasteiger partial charge in [0.15, 0.2) is 5.12 Å². The summed E-state index contributed by atoms with van der Waals surface area (Å²) >= 11 is 1.34. The van der Waals surface area contributed by atoms with Gasteiger partial charge in [0, 0.05) is 24.6 Å². The molecule has 3 nitrogen and oxygen atoms in total. The average molecular weight is 170 g/mol. The van der Waals surface area contributed by atoms with E-state index in [9.17, 15) is 4.79 Å². The molecule has 1 N–H and O–H groups in total. The second-order valence-corrected chi connectivity index (χ2v) is 3.44. The number of nitrogens with one attached hydrogen (secondary N) is 1. The highest BCUT2D eigenvalue weighted by Gasteiger charge is 1.96. The number of rotatable bonds is 3. The maximum atomic E-state index is 10.5. The van der Waals surface area contributed by atoms with E-state index in [-0.39, 0.29) is 5.12 Å². The Morgan fingerprint density at radius 2 is 2.64 bits per heavy atom. The number of imidazole rings is 1. The molecule has 0 atom stereocenters. The fourth-order valence-electron chi connectivity index (χ4n) is 0.726. The summed E-state index contributed by atoms with van der Waals surface area (Å²) in [5.74, 6) is 0.831. The van der Waals surface area contributed by atoms with Crippen molar-refractivity contribution < 1.29 is 4.79 Å². The zero-order valence-corrected chi connectivity index (χ0v) is 7.15. The summed E-state index contributed by atoms with van der Waals surface area (Å²) in [6.45, 7) is 1.58. The standard InChI is InChI=1S/C7H10N2OS/c1-6(10)11-3-2-7-4-8-5-9-7/h4-5H,2-3H2,1H3,(H,8,9). The first-order valence-corrected chi connectivity index (χ1v) is 4.38. The Hall–Kier alpha value is -0.770. The van der Waals surface area contributed by atoms with Crippen molar-refractivity contribution in [1.82, 2.24) is 9.97 Å². The van der Waals surface area contributed by atoms with Crippen molar-refractivity contribution in [2.24, 2.45) is 0 Å². The zero-order chi connectivity index (χ0) is 8.10. The van der Waals surface area contributed by atoms with Crippen molar-refractivity contribution in [1.29, 1.82) is 0 Å². The minimum absolute atomic E-state index is 0.171. The fraction of sp³-hybridized carbons (Fsp3) is 0.429. The topological polar surface area (TPSA) is 45.8 Å². The highest BCUT2D eigenvalue weighted by atomic mass is 32.2. The molecule has 0 unspecified atom stereocenters. The van der Waals surface area contributed by atoms with Crippen molar-refractivity contribution in [2.45, 2.75) is 13.3 Å². The van der Waals surface area contributed by atoms with Crippen LogP contribution >= 0.6 is 11.8 Å². The molecule has 0 saturated carbocycles. The molecule has 4 heteroatoms. The predicted octanol–water partition coefficient (Wildman–Crippen LogP) is 1.23. The first-order chi connectivity index (χ1) is 5.29. The van der Waals surface area contributed by atoms with Gasteiger partial charge in [0.25, 0.3) is 0 Å². The number of hydrogen-bond acceptors (Lipinski definition) is 3. The van der Waals surface area contributed by atoms with Gasteiger partial charge in [0.2, 0.25) is 0 Å². The summed E-state index contributed by atoms with van der Waals surface area (Å²) in [5.41, 5.74) is 1.08. The van der Waals surface area contributed by atoms with Gasteiger partial charge in [-0.05, 0) is 6.42 Å². The molecule has 0 spiro atoms. The molecular weight excluding hydrogens is 160 g/mol. The normalized spacial score (nSPS) is 9.91. The summed E-state index contributed by atoms with van der Waals surface area (Å²) in [5, 5.41) is 0.171. The van der Waals surface area contributed by atoms with Crippen molar-refractivity contribution in [3.8, 4) is 0 Å². The van der Waals surface area contributed by atoms with Gasteiger partial charge < -0.3 is 4.98 Å². The lowest BCUT2D eigenvalue weighted by Crippen LogP contribution is -1.91. The molecule has 0 saturated heterocycles. The van der Waals surface area contributed by atoms with Crippen molar-refractivity contribution in [3.63, 3.8) is 0 Å². The van der Waals surface area contributed by atoms with Gasteiger partial charge in [-0.25, -0.2) is 4.98 Å². The van der Waals surface area contributed by atoms with Crippen LogP contribution in [0.5, 0.6) is 0 Å². The van der Waals surface area contributed by atoms with Crippen LogP contribution in [0.2, 0.25) is 0 Å². The van der Waals surface area contributed by atoms with E-state index < -0.39 is 0 Å². The van der Waals surface area contributed by atoms with Gasteiger partial charge >= 0.3 is 0 Å². The average Bonchev–Trinajstić information content (AvgIpc) is 2.39. The molecule has 0 radical (unpaired) electrons. The lowest BCUT2D eigenvalue weighted by atomic mass is 10.4. The summed E-state index contributed by atoms with van der Waals surface area (Å²) in [7, 11) is 0. The lowest BCUT2D eigenvalue weighted by Gasteiger charge is -1.93. The molecule has 0 bridgehead atoms. The van der Waals surface area contributed by atoms with Crippen LogP contribution in [0.15, 0.2) is 12.5 Å². The van der Waals surface area contributed by atoms with Crippen molar-refractivity contribution >= 4 is 16.9 Å². The van der Waals surface area contributed by atoms with Gasteiger partial charge in [0.05, 0.1) is 6.33 Å². The maximum Gasteiger partial charge on any atom is 0.185 e. The van der Waals surface area contributed by atoms with Crippen LogP contribution in [0.25, 0.3) is 0 Å². The quantitative estimate of drug-likeness (QED) is 0.742. The summed E-state index contributed by atoms with van der Waals surface area (Å²) in [6.07, 6.45) is 4.30. The number of aryl methyl sites for hydroxylation is 1. The molecule has 0 aliphatic heterocycles. The van der Waals surface area contributed by atoms with E-state index in [2.05, 4.69) is 9.97 Å². The van der Waals surface area contributed by atoms with E-state index >= 15 is 0 Å². The van der Waals surface area contributed by atoms with Crippen LogP contribution in [-0.2, 0) is 11.2 Å². The van der Waals surface area contributed by atoms with E-state index in [0.717, 1.165) is 17.9 Å². The largest absolute Gasteiger partial charge is 0.348 e. The summed E-state index contributed by atoms with van der Waals surface area (Å²) in [4.78, 5) is 17.4. The molecule has 1 heterocycles. The minimum atomic E-state index is 0.171. The Morgan fingerprint density at radius 1 is 1.82 bits per heavy atom. The molecule has 0 amide bonds. The third-order valence-electron chi connectivity index (χ3n) is 1.23. The smallest absolute Gasteiger partial charge is 0.185 e. The van der Waals surface area contributed by atoms with E-state index in [1.54, 1.807) is 19.4 Å². The molecule has 1 aromatic rings. The monoisotopic (exact) mass is 170 g/mol. The van der Waals surface area contributed by atoms with E-state index in [1.165, 1.54) is 11.8 Å². The van der Waals surface area contributed by atoms with Crippen LogP contribution in [0.4, 0.5) is 0 Å². The van der Waals surface area contributed by atoms with Crippen LogP contribution in [0.3, 0.4) is 0 Å². The number of carbonyl (C=O) groups is 1. The molecule has 1 rings (SSSR count). The molecule has 60 valence electrons. The number of carbonyl (C=O) groups excluding carboxylic acids is 1. The van der Waals surface area contributed by atoms with Gasteiger partial charge in [-0.3, -0.25) is 4.79 Å². The van der Waals surface area contributed by atoms with Gasteiger partial charge in [-0.1, -0.05) is 11.8 Å². The number of hydrogen-bond donors (Lipinski definition) is 1. The third-order valence-corrected chi connectivity index (χ3v) is 2.05. The second kappa shape index (κ2) is 4.18. The van der Waals surface area contributed by atoms with Gasteiger partial charge in [-0.15, -0.1) is 0 Å². The molecule has 1 aromatic heterocycles. The number of thioether (sulfide) groups is 1. The fourth-order valence-corrected chi connectivity index (χ4v) is 1.34. The van der Waals surface area contributed by atoms with Crippen LogP contribution < -0.4 is 0 Å². The Kier molecular flexibility index (Phi) is 3.16. The number of aromatic nitrogens is 2. The zero-order valence-electron chi connectivity index (χ0n) is 6.33. The highest BCUT2D eigenvalue weighted by Crippen LogP contribution is 2.04. The number of H-pyrrole nitrogens is 1. The minimum Gasteiger partial charge on any atom is -0.348 e. The molecule has 0 fully saturated rings. The Morgan fingerprint density at radius 3 is 3.18 bits per heavy atom. The third kappa shape index (κ3) is 3.23. The maximum absolute atomic E-state index is 10.5. The van der Waals surface area contributed by atoms with E-state index in [1.807, 2.05) is 0 Å². The van der Waals surface area contributed by atoms with Gasteiger partial charge in [0.1, 0.15) is 0 Å². The molecule has 0 aromatic carbocycles. The SMILES string of the molecule is CC(=O)SCCc1cnc[nH]1. The predicted molar refractivity (Wildman–Crippen MR) is 45.4 cm³/mol. The van der Waals surface area contributed by atoms with Crippen LogP contribution in [0.1, 0.15) is 12.6 Å². The lowest BCUT2D eigenvalue weighted by molar-refractivity contribution is -0.109. The van der Waals surface area contributed by atoms with E-state index in [4.69, 9.17) is 0 Å². The molecule has 0 aliphatic rings.